The Morgan fingerprint density at radius 3 is 2.47 bits per heavy atom. The maximum Gasteiger partial charge on any atom is 0.00723 e. The average molecular weight is 253 g/mol. The molecule has 1 heterocycles. The van der Waals surface area contributed by atoms with Crippen molar-refractivity contribution in [3.8, 4) is 0 Å². The molecule has 0 aromatic rings. The van der Waals surface area contributed by atoms with Gasteiger partial charge in [0.2, 0.25) is 0 Å². The monoisotopic (exact) mass is 252 g/mol. The van der Waals surface area contributed by atoms with Gasteiger partial charge in [0.15, 0.2) is 0 Å². The Morgan fingerprint density at radius 1 is 1.40 bits per heavy atom. The van der Waals surface area contributed by atoms with Gasteiger partial charge in [-0.05, 0) is 44.5 Å². The SMILES string of the molecule is CCSCCN1CCC(C(C)N)CC1.Cl. The van der Waals surface area contributed by atoms with Crippen LogP contribution in [0.15, 0.2) is 0 Å². The fourth-order valence-electron chi connectivity index (χ4n) is 2.04. The van der Waals surface area contributed by atoms with E-state index in [1.807, 2.05) is 11.8 Å². The van der Waals surface area contributed by atoms with Gasteiger partial charge in [-0.25, -0.2) is 0 Å². The van der Waals surface area contributed by atoms with Crippen molar-refractivity contribution >= 4 is 24.2 Å². The summed E-state index contributed by atoms with van der Waals surface area (Å²) in [5.41, 5.74) is 5.91. The molecule has 92 valence electrons. The molecule has 1 fully saturated rings. The first-order valence-corrected chi connectivity index (χ1v) is 6.95. The van der Waals surface area contributed by atoms with Crippen molar-refractivity contribution in [2.24, 2.45) is 11.7 Å². The number of thioether (sulfide) groups is 1. The number of piperidine rings is 1. The lowest BCUT2D eigenvalue weighted by atomic mass is 9.91. The van der Waals surface area contributed by atoms with Crippen LogP contribution < -0.4 is 5.73 Å². The zero-order chi connectivity index (χ0) is 10.4. The molecule has 0 aromatic carbocycles. The van der Waals surface area contributed by atoms with Crippen LogP contribution in [-0.2, 0) is 0 Å². The molecule has 0 radical (unpaired) electrons. The van der Waals surface area contributed by atoms with E-state index in [0.717, 1.165) is 5.92 Å². The molecule has 2 N–H and O–H groups in total. The Bertz CT molecular complexity index is 148. The van der Waals surface area contributed by atoms with Crippen molar-refractivity contribution in [1.82, 2.24) is 4.90 Å². The molecule has 0 spiro atoms. The zero-order valence-electron chi connectivity index (χ0n) is 9.95. The third-order valence-corrected chi connectivity index (χ3v) is 4.01. The summed E-state index contributed by atoms with van der Waals surface area (Å²) in [6.45, 7) is 8.16. The fourth-order valence-corrected chi connectivity index (χ4v) is 2.72. The molecule has 0 amide bonds. The summed E-state index contributed by atoms with van der Waals surface area (Å²) in [6.07, 6.45) is 2.60. The van der Waals surface area contributed by atoms with E-state index in [9.17, 15) is 0 Å². The highest BCUT2D eigenvalue weighted by Crippen LogP contribution is 2.19. The van der Waals surface area contributed by atoms with E-state index in [4.69, 9.17) is 5.73 Å². The molecule has 1 atom stereocenters. The van der Waals surface area contributed by atoms with Crippen molar-refractivity contribution in [1.29, 1.82) is 0 Å². The second kappa shape index (κ2) is 8.68. The molecule has 4 heteroatoms. The molecule has 0 saturated carbocycles. The zero-order valence-corrected chi connectivity index (χ0v) is 11.6. The van der Waals surface area contributed by atoms with Gasteiger partial charge < -0.3 is 10.6 Å². The van der Waals surface area contributed by atoms with Crippen molar-refractivity contribution in [3.05, 3.63) is 0 Å². The summed E-state index contributed by atoms with van der Waals surface area (Å²) in [7, 11) is 0. The highest BCUT2D eigenvalue weighted by Gasteiger charge is 2.21. The van der Waals surface area contributed by atoms with Gasteiger partial charge in [-0.1, -0.05) is 6.92 Å². The van der Waals surface area contributed by atoms with Crippen molar-refractivity contribution in [2.75, 3.05) is 31.1 Å². The minimum Gasteiger partial charge on any atom is -0.328 e. The maximum absolute atomic E-state index is 5.91. The van der Waals surface area contributed by atoms with E-state index in [-0.39, 0.29) is 12.4 Å². The normalized spacial score (nSPS) is 21.0. The Balaban J connectivity index is 0.00000196. The van der Waals surface area contributed by atoms with Crippen LogP contribution in [0.2, 0.25) is 0 Å². The predicted octanol–water partition coefficient (Wildman–Crippen LogP) is 2.22. The number of halogens is 1. The van der Waals surface area contributed by atoms with Gasteiger partial charge in [-0.15, -0.1) is 12.4 Å². The van der Waals surface area contributed by atoms with Crippen LogP contribution in [0.1, 0.15) is 26.7 Å². The van der Waals surface area contributed by atoms with E-state index in [1.165, 1.54) is 44.0 Å². The smallest absolute Gasteiger partial charge is 0.00723 e. The van der Waals surface area contributed by atoms with Crippen LogP contribution in [-0.4, -0.2) is 42.1 Å². The van der Waals surface area contributed by atoms with E-state index >= 15 is 0 Å². The molecule has 0 bridgehead atoms. The van der Waals surface area contributed by atoms with E-state index in [0.29, 0.717) is 6.04 Å². The predicted molar refractivity (Wildman–Crippen MR) is 73.1 cm³/mol. The largest absolute Gasteiger partial charge is 0.328 e. The first-order chi connectivity index (χ1) is 6.74. The molecule has 2 nitrogen and oxygen atoms in total. The third kappa shape index (κ3) is 6.00. The Morgan fingerprint density at radius 2 is 2.00 bits per heavy atom. The van der Waals surface area contributed by atoms with Crippen LogP contribution in [0.5, 0.6) is 0 Å². The summed E-state index contributed by atoms with van der Waals surface area (Å²) in [6, 6.07) is 0.391. The number of hydrogen-bond acceptors (Lipinski definition) is 3. The first-order valence-electron chi connectivity index (χ1n) is 5.79. The second-order valence-electron chi connectivity index (χ2n) is 4.24. The van der Waals surface area contributed by atoms with Gasteiger partial charge in [0.25, 0.3) is 0 Å². The van der Waals surface area contributed by atoms with Crippen LogP contribution >= 0.6 is 24.2 Å². The second-order valence-corrected chi connectivity index (χ2v) is 5.63. The summed E-state index contributed by atoms with van der Waals surface area (Å²) in [5, 5.41) is 0. The highest BCUT2D eigenvalue weighted by molar-refractivity contribution is 7.99. The van der Waals surface area contributed by atoms with Gasteiger partial charge in [0.05, 0.1) is 0 Å². The molecule has 1 aliphatic heterocycles. The number of likely N-dealkylation sites (tertiary alicyclic amines) is 1. The average Bonchev–Trinajstić information content (AvgIpc) is 2.19. The minimum absolute atomic E-state index is 0. The standard InChI is InChI=1S/C11H24N2S.ClH/c1-3-14-9-8-13-6-4-11(5-7-13)10(2)12;/h10-11H,3-9,12H2,1-2H3;1H. The van der Waals surface area contributed by atoms with Gasteiger partial charge in [-0.2, -0.15) is 11.8 Å². The lowest BCUT2D eigenvalue weighted by Gasteiger charge is -2.33. The van der Waals surface area contributed by atoms with Crippen molar-refractivity contribution in [2.45, 2.75) is 32.7 Å². The number of hydrogen-bond donors (Lipinski definition) is 1. The van der Waals surface area contributed by atoms with Crippen molar-refractivity contribution < 1.29 is 0 Å². The van der Waals surface area contributed by atoms with E-state index < -0.39 is 0 Å². The molecular formula is C11H25ClN2S. The minimum atomic E-state index is 0. The molecule has 1 unspecified atom stereocenters. The van der Waals surface area contributed by atoms with Crippen molar-refractivity contribution in [3.63, 3.8) is 0 Å². The molecule has 1 aliphatic rings. The summed E-state index contributed by atoms with van der Waals surface area (Å²) in [4.78, 5) is 2.58. The Hall–Kier alpha value is 0.560. The summed E-state index contributed by atoms with van der Waals surface area (Å²) < 4.78 is 0. The fraction of sp³-hybridized carbons (Fsp3) is 1.00. The molecule has 0 aliphatic carbocycles. The maximum atomic E-state index is 5.91. The van der Waals surface area contributed by atoms with Crippen LogP contribution in [0, 0.1) is 5.92 Å². The Kier molecular flexibility index (Phi) is 9.01. The summed E-state index contributed by atoms with van der Waals surface area (Å²) >= 11 is 2.04. The van der Waals surface area contributed by atoms with E-state index in [1.54, 1.807) is 0 Å². The topological polar surface area (TPSA) is 29.3 Å². The van der Waals surface area contributed by atoms with Gasteiger partial charge >= 0.3 is 0 Å². The number of nitrogens with two attached hydrogens (primary N) is 1. The van der Waals surface area contributed by atoms with Crippen LogP contribution in [0.25, 0.3) is 0 Å². The summed E-state index contributed by atoms with van der Waals surface area (Å²) in [5.74, 6) is 3.31. The van der Waals surface area contributed by atoms with Gasteiger partial charge in [0.1, 0.15) is 0 Å². The third-order valence-electron chi connectivity index (χ3n) is 3.13. The quantitative estimate of drug-likeness (QED) is 0.761. The molecule has 1 saturated heterocycles. The molecule has 1 rings (SSSR count). The van der Waals surface area contributed by atoms with Crippen LogP contribution in [0.3, 0.4) is 0 Å². The Labute approximate surface area is 105 Å². The molecule has 0 aromatic heterocycles. The highest BCUT2D eigenvalue weighted by atomic mass is 35.5. The molecule has 15 heavy (non-hydrogen) atoms. The number of nitrogens with zero attached hydrogens (tertiary/aromatic N) is 1. The lowest BCUT2D eigenvalue weighted by Crippen LogP contribution is -2.40. The number of rotatable bonds is 5. The lowest BCUT2D eigenvalue weighted by molar-refractivity contribution is 0.181. The molecular weight excluding hydrogens is 228 g/mol. The first kappa shape index (κ1) is 15.6. The van der Waals surface area contributed by atoms with Crippen LogP contribution in [0.4, 0.5) is 0 Å². The van der Waals surface area contributed by atoms with Gasteiger partial charge in [-0.3, -0.25) is 0 Å². The van der Waals surface area contributed by atoms with Gasteiger partial charge in [0, 0.05) is 18.3 Å². The van der Waals surface area contributed by atoms with E-state index in [2.05, 4.69) is 18.7 Å².